The Morgan fingerprint density at radius 3 is 2.70 bits per heavy atom. The van der Waals surface area contributed by atoms with Gasteiger partial charge in [-0.15, -0.1) is 0 Å². The van der Waals surface area contributed by atoms with Crippen molar-refractivity contribution in [1.29, 1.82) is 5.26 Å². The second-order valence-electron chi connectivity index (χ2n) is 6.10. The van der Waals surface area contributed by atoms with Crippen LogP contribution >= 0.6 is 15.9 Å². The van der Waals surface area contributed by atoms with Gasteiger partial charge in [0.2, 0.25) is 0 Å². The average molecular weight is 375 g/mol. The Labute approximate surface area is 143 Å². The first-order chi connectivity index (χ1) is 11.0. The molecule has 0 atom stereocenters. The number of anilines is 1. The van der Waals surface area contributed by atoms with Gasteiger partial charge in [-0.05, 0) is 40.9 Å². The van der Waals surface area contributed by atoms with Crippen LogP contribution in [0.3, 0.4) is 0 Å². The molecule has 0 saturated heterocycles. The van der Waals surface area contributed by atoms with Crippen molar-refractivity contribution in [1.82, 2.24) is 9.55 Å². The number of rotatable bonds is 2. The molecule has 6 heteroatoms. The Hall–Kier alpha value is -1.87. The van der Waals surface area contributed by atoms with E-state index in [1.807, 2.05) is 19.2 Å². The van der Waals surface area contributed by atoms with E-state index in [0.29, 0.717) is 21.8 Å². The predicted molar refractivity (Wildman–Crippen MR) is 94.7 cm³/mol. The van der Waals surface area contributed by atoms with Crippen molar-refractivity contribution in [3.8, 4) is 6.07 Å². The fraction of sp³-hybridized carbons (Fsp3) is 0.471. The quantitative estimate of drug-likeness (QED) is 0.756. The molecule has 0 amide bonds. The number of hydrogen-bond acceptors (Lipinski definition) is 4. The van der Waals surface area contributed by atoms with Crippen LogP contribution in [0.4, 0.5) is 5.69 Å². The predicted octanol–water partition coefficient (Wildman–Crippen LogP) is 3.34. The van der Waals surface area contributed by atoms with Gasteiger partial charge in [-0.1, -0.05) is 19.3 Å². The molecule has 0 aliphatic heterocycles. The highest BCUT2D eigenvalue weighted by Crippen LogP contribution is 2.32. The molecule has 1 aliphatic carbocycles. The second-order valence-corrected chi connectivity index (χ2v) is 6.92. The van der Waals surface area contributed by atoms with E-state index in [4.69, 9.17) is 0 Å². The van der Waals surface area contributed by atoms with Crippen LogP contribution in [0.2, 0.25) is 0 Å². The Morgan fingerprint density at radius 1 is 1.35 bits per heavy atom. The van der Waals surface area contributed by atoms with Crippen LogP contribution in [0.25, 0.3) is 11.0 Å². The molecule has 3 rings (SSSR count). The van der Waals surface area contributed by atoms with Gasteiger partial charge >= 0.3 is 0 Å². The molecule has 2 aromatic heterocycles. The topological polar surface area (TPSA) is 61.9 Å². The van der Waals surface area contributed by atoms with Gasteiger partial charge in [0.15, 0.2) is 0 Å². The number of hydrogen-bond donors (Lipinski definition) is 0. The van der Waals surface area contributed by atoms with Crippen LogP contribution < -0.4 is 10.5 Å². The van der Waals surface area contributed by atoms with Crippen molar-refractivity contribution in [3.05, 3.63) is 32.7 Å². The lowest BCUT2D eigenvalue weighted by Gasteiger charge is -2.33. The zero-order valence-electron chi connectivity index (χ0n) is 13.3. The van der Waals surface area contributed by atoms with Crippen molar-refractivity contribution < 1.29 is 0 Å². The summed E-state index contributed by atoms with van der Waals surface area (Å²) in [5.41, 5.74) is 2.03. The monoisotopic (exact) mass is 374 g/mol. The molecule has 1 fully saturated rings. The fourth-order valence-corrected chi connectivity index (χ4v) is 3.77. The normalized spacial score (nSPS) is 15.6. The van der Waals surface area contributed by atoms with E-state index in [1.54, 1.807) is 7.05 Å². The summed E-state index contributed by atoms with van der Waals surface area (Å²) in [7, 11) is 3.67. The Bertz CT molecular complexity index is 846. The highest BCUT2D eigenvalue weighted by molar-refractivity contribution is 9.10. The maximum absolute atomic E-state index is 12.6. The molecule has 0 N–H and O–H groups in total. The lowest BCUT2D eigenvalue weighted by atomic mass is 9.93. The number of halogens is 1. The number of aromatic nitrogens is 2. The van der Waals surface area contributed by atoms with Gasteiger partial charge in [0, 0.05) is 20.1 Å². The number of fused-ring (bicyclic) bond motifs is 1. The smallest absolute Gasteiger partial charge is 0.270 e. The van der Waals surface area contributed by atoms with E-state index in [1.165, 1.54) is 23.8 Å². The summed E-state index contributed by atoms with van der Waals surface area (Å²) in [6.45, 7) is 0. The highest BCUT2D eigenvalue weighted by atomic mass is 79.9. The zero-order valence-corrected chi connectivity index (χ0v) is 14.9. The first-order valence-electron chi connectivity index (χ1n) is 7.86. The second kappa shape index (κ2) is 6.32. The van der Waals surface area contributed by atoms with Crippen LogP contribution in [0.15, 0.2) is 21.5 Å². The third-order valence-electron chi connectivity index (χ3n) is 4.77. The molecule has 0 radical (unpaired) electrons. The molecule has 0 bridgehead atoms. The molecule has 0 unspecified atom stereocenters. The number of nitrogens with zero attached hydrogens (tertiary/aromatic N) is 4. The highest BCUT2D eigenvalue weighted by Gasteiger charge is 2.25. The summed E-state index contributed by atoms with van der Waals surface area (Å²) < 4.78 is 2.21. The standard InChI is InChI=1S/C17H19BrN4O/c1-21(11-6-4-3-5-7-11)16-12(10-19)17(23)22(2)13-8-9-14(18)20-15(13)16/h8-9,11H,3-7H2,1-2H3. The minimum absolute atomic E-state index is 0.179. The van der Waals surface area contributed by atoms with Crippen molar-refractivity contribution in [2.24, 2.45) is 7.05 Å². The van der Waals surface area contributed by atoms with Crippen molar-refractivity contribution >= 4 is 32.7 Å². The fourth-order valence-electron chi connectivity index (χ4n) is 3.46. The molecule has 23 heavy (non-hydrogen) atoms. The van der Waals surface area contributed by atoms with Crippen molar-refractivity contribution in [2.45, 2.75) is 38.1 Å². The lowest BCUT2D eigenvalue weighted by molar-refractivity contribution is 0.428. The van der Waals surface area contributed by atoms with Crippen LogP contribution in [-0.4, -0.2) is 22.6 Å². The molecule has 2 aromatic rings. The van der Waals surface area contributed by atoms with E-state index in [0.717, 1.165) is 18.4 Å². The van der Waals surface area contributed by atoms with Gasteiger partial charge in [0.25, 0.3) is 5.56 Å². The molecule has 120 valence electrons. The third kappa shape index (κ3) is 2.74. The van der Waals surface area contributed by atoms with E-state index in [2.05, 4.69) is 31.9 Å². The maximum Gasteiger partial charge on any atom is 0.270 e. The van der Waals surface area contributed by atoms with Crippen LogP contribution in [0.1, 0.15) is 37.7 Å². The maximum atomic E-state index is 12.6. The van der Waals surface area contributed by atoms with Gasteiger partial charge in [-0.3, -0.25) is 4.79 Å². The molecule has 5 nitrogen and oxygen atoms in total. The molecule has 0 aromatic carbocycles. The van der Waals surface area contributed by atoms with E-state index < -0.39 is 0 Å². The van der Waals surface area contributed by atoms with Gasteiger partial charge in [-0.2, -0.15) is 5.26 Å². The summed E-state index contributed by atoms with van der Waals surface area (Å²) >= 11 is 3.40. The molecule has 0 spiro atoms. The van der Waals surface area contributed by atoms with E-state index >= 15 is 0 Å². The van der Waals surface area contributed by atoms with Gasteiger partial charge in [0.05, 0.1) is 11.2 Å². The first-order valence-corrected chi connectivity index (χ1v) is 8.66. The van der Waals surface area contributed by atoms with E-state index in [-0.39, 0.29) is 11.1 Å². The van der Waals surface area contributed by atoms with Gasteiger partial charge in [0.1, 0.15) is 21.8 Å². The zero-order chi connectivity index (χ0) is 16.6. The van der Waals surface area contributed by atoms with Crippen LogP contribution in [0.5, 0.6) is 0 Å². The Morgan fingerprint density at radius 2 is 2.04 bits per heavy atom. The third-order valence-corrected chi connectivity index (χ3v) is 5.21. The molecule has 2 heterocycles. The largest absolute Gasteiger partial charge is 0.369 e. The first kappa shape index (κ1) is 16.0. The summed E-state index contributed by atoms with van der Waals surface area (Å²) in [6.07, 6.45) is 5.82. The number of pyridine rings is 2. The van der Waals surface area contributed by atoms with Crippen molar-refractivity contribution in [2.75, 3.05) is 11.9 Å². The summed E-state index contributed by atoms with van der Waals surface area (Å²) in [4.78, 5) is 19.2. The number of aryl methyl sites for hydroxylation is 1. The van der Waals surface area contributed by atoms with Gasteiger partial charge < -0.3 is 9.47 Å². The molecular weight excluding hydrogens is 356 g/mol. The SMILES string of the molecule is CN(c1c(C#N)c(=O)n(C)c2ccc(Br)nc12)C1CCCCC1. The molecular formula is C17H19BrN4O. The number of nitriles is 1. The Balaban J connectivity index is 2.29. The summed E-state index contributed by atoms with van der Waals surface area (Å²) in [5, 5.41) is 9.57. The Kier molecular flexibility index (Phi) is 4.40. The minimum atomic E-state index is -0.262. The summed E-state index contributed by atoms with van der Waals surface area (Å²) in [5.74, 6) is 0. The minimum Gasteiger partial charge on any atom is -0.369 e. The molecule has 1 saturated carbocycles. The average Bonchev–Trinajstić information content (AvgIpc) is 2.58. The summed E-state index contributed by atoms with van der Waals surface area (Å²) in [6, 6.07) is 6.15. The van der Waals surface area contributed by atoms with E-state index in [9.17, 15) is 10.1 Å². The lowest BCUT2D eigenvalue weighted by Crippen LogP contribution is -2.36. The van der Waals surface area contributed by atoms with Gasteiger partial charge in [-0.25, -0.2) is 4.98 Å². The van der Waals surface area contributed by atoms with Crippen LogP contribution in [0, 0.1) is 11.3 Å². The van der Waals surface area contributed by atoms with Crippen molar-refractivity contribution in [3.63, 3.8) is 0 Å². The molecule has 1 aliphatic rings. The van der Waals surface area contributed by atoms with Crippen LogP contribution in [-0.2, 0) is 7.05 Å².